The van der Waals surface area contributed by atoms with Crippen LogP contribution in [0.5, 0.6) is 34.5 Å². The first-order chi connectivity index (χ1) is 44.6. The molecular formula is C69H83Cl3N10O16. The number of carbonyl (C=O) groups is 1. The maximum Gasteiger partial charge on any atom is 0.275 e. The summed E-state index contributed by atoms with van der Waals surface area (Å²) in [5, 5.41) is 64.7. The number of nitrogens with zero attached hydrogens (tertiary/aromatic N) is 7. The molecule has 0 atom stereocenters. The first-order valence-electron chi connectivity index (χ1n) is 30.4. The van der Waals surface area contributed by atoms with Crippen LogP contribution in [0.3, 0.4) is 0 Å². The van der Waals surface area contributed by atoms with Gasteiger partial charge in [-0.15, -0.1) is 0 Å². The zero-order chi connectivity index (χ0) is 74.9. The molecule has 26 nitrogen and oxygen atoms in total. The average Bonchev–Trinajstić information content (AvgIpc) is 0.762. The lowest BCUT2D eigenvalue weighted by molar-refractivity contribution is 0.0918. The molecule has 0 aliphatic carbocycles. The van der Waals surface area contributed by atoms with Crippen molar-refractivity contribution < 1.29 is 35.4 Å². The van der Waals surface area contributed by atoms with Gasteiger partial charge in [0.1, 0.15) is 28.6 Å². The third kappa shape index (κ3) is 15.0. The molecule has 29 heteroatoms. The number of amides is 1. The van der Waals surface area contributed by atoms with E-state index in [2.05, 4.69) is 15.4 Å². The summed E-state index contributed by atoms with van der Waals surface area (Å²) in [7, 11) is 4.58. The van der Waals surface area contributed by atoms with Crippen LogP contribution >= 0.6 is 34.8 Å². The molecule has 9 N–H and O–H groups in total. The van der Waals surface area contributed by atoms with Gasteiger partial charge in [-0.1, -0.05) is 34.8 Å². The Hall–Kier alpha value is -9.79. The fourth-order valence-corrected chi connectivity index (χ4v) is 11.7. The SMILES string of the molecule is Cc1c(O)cc2c(=O)n(C(C)(C)C)[nH]c(=O)c2c1Cl.Cc1c(O)cc2c(=O)n(C(C)(C)C)n(C)c(=O)c2c1Cl.Cc1cc2[nH]cc(C(=O)NC(C)(C)C)c(=O)c2cc1O.Cc1cc2c(=O)n(C)n(C(C)(C)C)c(=O)c2cc1O.Cn1c(=O)c2cc(O)c(O)c(Cl)c2c(=O)n1C(C)(C)C. The molecule has 10 rings (SSSR count). The lowest BCUT2D eigenvalue weighted by Crippen LogP contribution is -2.45. The second-order valence-corrected chi connectivity index (χ2v) is 29.8. The zero-order valence-corrected chi connectivity index (χ0v) is 60.9. The molecule has 0 saturated carbocycles. The molecule has 0 unspecified atom stereocenters. The Kier molecular flexibility index (Phi) is 21.5. The van der Waals surface area contributed by atoms with Crippen molar-refractivity contribution in [3.05, 3.63) is 185 Å². The van der Waals surface area contributed by atoms with Gasteiger partial charge in [-0.05, 0) is 185 Å². The minimum atomic E-state index is -0.643. The first-order valence-corrected chi connectivity index (χ1v) is 31.6. The highest BCUT2D eigenvalue weighted by Gasteiger charge is 2.28. The molecule has 5 heterocycles. The van der Waals surface area contributed by atoms with Gasteiger partial charge < -0.3 is 40.9 Å². The fourth-order valence-electron chi connectivity index (χ4n) is 10.8. The van der Waals surface area contributed by atoms with Crippen LogP contribution in [-0.4, -0.2) is 84.9 Å². The second kappa shape index (κ2) is 27.3. The summed E-state index contributed by atoms with van der Waals surface area (Å²) in [4.78, 5) is 127. The summed E-state index contributed by atoms with van der Waals surface area (Å²) < 4.78 is 9.06. The Labute approximate surface area is 574 Å². The maximum atomic E-state index is 12.6. The largest absolute Gasteiger partial charge is 0.508 e. The van der Waals surface area contributed by atoms with Crippen LogP contribution in [0.25, 0.3) is 54.0 Å². The number of aryl methyl sites for hydroxylation is 2. The summed E-state index contributed by atoms with van der Waals surface area (Å²) in [6.45, 7) is 33.9. The maximum absolute atomic E-state index is 12.6. The second-order valence-electron chi connectivity index (χ2n) is 28.7. The summed E-state index contributed by atoms with van der Waals surface area (Å²) in [6, 6.07) is 9.64. The number of carbonyl (C=O) groups excluding carboxylic acids is 1. The number of hydrogen-bond acceptors (Lipinski definition) is 16. The molecule has 0 fully saturated rings. The van der Waals surface area contributed by atoms with Gasteiger partial charge in [0.15, 0.2) is 11.5 Å². The number of aromatic nitrogens is 9. The number of hydrogen-bond donors (Lipinski definition) is 9. The third-order valence-corrected chi connectivity index (χ3v) is 16.9. The number of fused-ring (bicyclic) bond motifs is 5. The molecule has 526 valence electrons. The Morgan fingerprint density at radius 1 is 0.418 bits per heavy atom. The normalized spacial score (nSPS) is 12.0. The average molecular weight is 1410 g/mol. The van der Waals surface area contributed by atoms with Crippen LogP contribution in [0.2, 0.25) is 15.1 Å². The molecule has 0 bridgehead atoms. The molecule has 0 saturated heterocycles. The van der Waals surface area contributed by atoms with E-state index in [1.807, 2.05) is 62.3 Å². The molecule has 0 aliphatic rings. The van der Waals surface area contributed by atoms with Gasteiger partial charge in [0.2, 0.25) is 5.43 Å². The summed E-state index contributed by atoms with van der Waals surface area (Å²) in [6.07, 6.45) is 1.40. The predicted molar refractivity (Wildman–Crippen MR) is 385 cm³/mol. The number of H-pyrrole nitrogens is 2. The van der Waals surface area contributed by atoms with E-state index in [4.69, 9.17) is 34.8 Å². The lowest BCUT2D eigenvalue weighted by atomic mass is 10.1. The number of aromatic amines is 2. The van der Waals surface area contributed by atoms with Crippen molar-refractivity contribution in [3.63, 3.8) is 0 Å². The summed E-state index contributed by atoms with van der Waals surface area (Å²) >= 11 is 18.1. The smallest absolute Gasteiger partial charge is 0.275 e. The van der Waals surface area contributed by atoms with Gasteiger partial charge >= 0.3 is 0 Å². The molecule has 5 aromatic heterocycles. The van der Waals surface area contributed by atoms with Crippen LogP contribution in [0.15, 0.2) is 91.8 Å². The van der Waals surface area contributed by atoms with Crippen LogP contribution in [-0.2, 0) is 43.3 Å². The fraction of sp³-hybridized carbons (Fsp3) is 0.391. The molecule has 98 heavy (non-hydrogen) atoms. The van der Waals surface area contributed by atoms with E-state index >= 15 is 0 Å². The third-order valence-electron chi connectivity index (χ3n) is 15.6. The molecule has 10 aromatic rings. The number of phenolic OH excluding ortho intramolecular Hbond substituents is 6. The van der Waals surface area contributed by atoms with E-state index in [0.717, 1.165) is 6.07 Å². The van der Waals surface area contributed by atoms with Gasteiger partial charge in [0.25, 0.3) is 50.4 Å². The highest BCUT2D eigenvalue weighted by Crippen LogP contribution is 2.38. The van der Waals surface area contributed by atoms with Crippen molar-refractivity contribution >= 4 is 94.7 Å². The quantitative estimate of drug-likeness (QED) is 0.0691. The number of rotatable bonds is 1. The van der Waals surface area contributed by atoms with Crippen LogP contribution in [0.4, 0.5) is 0 Å². The number of pyridine rings is 1. The highest BCUT2D eigenvalue weighted by molar-refractivity contribution is 6.37. The van der Waals surface area contributed by atoms with E-state index in [9.17, 15) is 78.6 Å². The summed E-state index contributed by atoms with van der Waals surface area (Å²) in [5.41, 5.74) is -3.51. The van der Waals surface area contributed by atoms with Gasteiger partial charge in [-0.2, -0.15) is 0 Å². The summed E-state index contributed by atoms with van der Waals surface area (Å²) in [5.74, 6) is -1.69. The number of phenols is 6. The first kappa shape index (κ1) is 77.2. The van der Waals surface area contributed by atoms with Gasteiger partial charge in [0.05, 0.1) is 80.3 Å². The molecule has 0 aliphatic heterocycles. The van der Waals surface area contributed by atoms with Crippen LogP contribution in [0, 0.1) is 27.7 Å². The Balaban J connectivity index is 0.000000193. The molecule has 0 spiro atoms. The van der Waals surface area contributed by atoms with Crippen molar-refractivity contribution in [2.75, 3.05) is 0 Å². The topological polar surface area (TPSA) is 370 Å². The van der Waals surface area contributed by atoms with E-state index in [0.29, 0.717) is 38.5 Å². The number of aromatic hydroxyl groups is 6. The lowest BCUT2D eigenvalue weighted by Gasteiger charge is -2.26. The van der Waals surface area contributed by atoms with Crippen LogP contribution < -0.4 is 55.2 Å². The van der Waals surface area contributed by atoms with Crippen molar-refractivity contribution in [2.45, 2.75) is 159 Å². The van der Waals surface area contributed by atoms with Crippen molar-refractivity contribution in [3.8, 4) is 34.5 Å². The molecule has 0 radical (unpaired) electrons. The number of benzene rings is 5. The highest BCUT2D eigenvalue weighted by atomic mass is 35.5. The van der Waals surface area contributed by atoms with E-state index in [1.165, 1.54) is 77.3 Å². The number of halogens is 3. The monoisotopic (exact) mass is 1410 g/mol. The predicted octanol–water partition coefficient (Wildman–Crippen LogP) is 9.29. The number of nitrogens with one attached hydrogen (secondary N) is 3. The van der Waals surface area contributed by atoms with E-state index in [-0.39, 0.29) is 109 Å². The van der Waals surface area contributed by atoms with Gasteiger partial charge in [-0.3, -0.25) is 53.0 Å². The van der Waals surface area contributed by atoms with E-state index < -0.39 is 67.2 Å². The minimum Gasteiger partial charge on any atom is -0.508 e. The van der Waals surface area contributed by atoms with Gasteiger partial charge in [0, 0.05) is 54.9 Å². The van der Waals surface area contributed by atoms with E-state index in [1.54, 1.807) is 88.4 Å². The molecule has 1 amide bonds. The molecular weight excluding hydrogens is 1330 g/mol. The van der Waals surface area contributed by atoms with Gasteiger partial charge in [-0.25, -0.2) is 32.8 Å². The van der Waals surface area contributed by atoms with Crippen molar-refractivity contribution in [1.29, 1.82) is 0 Å². The van der Waals surface area contributed by atoms with Crippen molar-refractivity contribution in [2.24, 2.45) is 21.1 Å². The molecule has 5 aromatic carbocycles. The zero-order valence-electron chi connectivity index (χ0n) is 58.6. The van der Waals surface area contributed by atoms with Crippen LogP contribution in [0.1, 0.15) is 136 Å². The Morgan fingerprint density at radius 3 is 1.26 bits per heavy atom. The Bertz CT molecular complexity index is 5540. The Morgan fingerprint density at radius 2 is 0.786 bits per heavy atom. The minimum absolute atomic E-state index is 0.0262. The van der Waals surface area contributed by atoms with Crippen molar-refractivity contribution in [1.82, 2.24) is 48.2 Å². The standard InChI is InChI=1S/C15H18N2O3.C14H17ClN2O3.C14H18N2O3.C13H15ClN2O4.C13H15ClN2O3/c1-8-5-11-9(6-12(8)18)13(19)10(7-16-11)14(20)17-15(2,3)4;1-7-9(18)6-8-10(11(7)15)13(20)16(5)17(12(8)19)14(2,3)4;1-8-6-9-10(7-11(8)17)13(19)16(14(2,3)4)15(5)12(9)18;1-13(2,3)16-12(20)8-6(11(19)15(16)4)5-7(17)10(18)9(8)14;1-6-8(17)5-7-9(10(6)14)11(18)15-16(12(7)19)13(2,3)4/h5-7,18H,1-4H3,(H,16,19)(H,17,20);6,18H,1-5H3;6-7,17H,1-5H3;5,17-18H,1-4H3;5,17H,1-4H3,(H,15,18).